The van der Waals surface area contributed by atoms with Crippen molar-refractivity contribution in [3.05, 3.63) is 47.5 Å². The van der Waals surface area contributed by atoms with Gasteiger partial charge in [0.2, 0.25) is 0 Å². The summed E-state index contributed by atoms with van der Waals surface area (Å²) in [5, 5.41) is 42.3. The molecule has 0 aliphatic rings. The van der Waals surface area contributed by atoms with Crippen molar-refractivity contribution in [1.29, 1.82) is 0 Å². The van der Waals surface area contributed by atoms with Crippen LogP contribution in [0.15, 0.2) is 36.4 Å². The van der Waals surface area contributed by atoms with Gasteiger partial charge in [0.25, 0.3) is 11.8 Å². The van der Waals surface area contributed by atoms with Gasteiger partial charge in [-0.2, -0.15) is 0 Å². The second kappa shape index (κ2) is 7.23. The molecule has 6 N–H and O–H groups in total. The van der Waals surface area contributed by atoms with E-state index in [1.165, 1.54) is 24.3 Å². The van der Waals surface area contributed by atoms with Crippen LogP contribution in [-0.2, 0) is 0 Å². The van der Waals surface area contributed by atoms with Gasteiger partial charge in [-0.25, -0.2) is 0 Å². The van der Waals surface area contributed by atoms with Gasteiger partial charge in [0.1, 0.15) is 23.0 Å². The Morgan fingerprint density at radius 1 is 0.625 bits per heavy atom. The molecular weight excluding hydrogens is 316 g/mol. The normalized spacial score (nSPS) is 10.2. The van der Waals surface area contributed by atoms with Crippen molar-refractivity contribution >= 4 is 11.8 Å². The van der Waals surface area contributed by atoms with Crippen molar-refractivity contribution in [2.75, 3.05) is 13.1 Å². The Bertz CT molecular complexity index is 669. The molecule has 2 aromatic carbocycles. The lowest BCUT2D eigenvalue weighted by atomic mass is 10.2. The lowest BCUT2D eigenvalue weighted by Gasteiger charge is -2.08. The van der Waals surface area contributed by atoms with Gasteiger partial charge in [-0.3, -0.25) is 9.59 Å². The van der Waals surface area contributed by atoms with E-state index < -0.39 is 11.8 Å². The smallest absolute Gasteiger partial charge is 0.251 e. The first-order valence-electron chi connectivity index (χ1n) is 6.97. The summed E-state index contributed by atoms with van der Waals surface area (Å²) in [6.45, 7) is 0.206. The summed E-state index contributed by atoms with van der Waals surface area (Å²) >= 11 is 0. The van der Waals surface area contributed by atoms with Crippen molar-refractivity contribution in [2.24, 2.45) is 0 Å². The SMILES string of the molecule is O=C(NCCNC(=O)c1cc(O)cc(O)c1)c1cc(O)cc(O)c1. The molecule has 0 aromatic heterocycles. The van der Waals surface area contributed by atoms with Crippen LogP contribution in [0.2, 0.25) is 0 Å². The minimum absolute atomic E-state index is 0.0803. The summed E-state index contributed by atoms with van der Waals surface area (Å²) in [5.41, 5.74) is 0.161. The first-order valence-corrected chi connectivity index (χ1v) is 6.97. The zero-order valence-electron chi connectivity index (χ0n) is 12.5. The maximum atomic E-state index is 11.8. The quantitative estimate of drug-likeness (QED) is 0.445. The first kappa shape index (κ1) is 16.9. The largest absolute Gasteiger partial charge is 0.508 e. The van der Waals surface area contributed by atoms with Crippen LogP contribution >= 0.6 is 0 Å². The molecule has 24 heavy (non-hydrogen) atoms. The van der Waals surface area contributed by atoms with E-state index >= 15 is 0 Å². The van der Waals surface area contributed by atoms with Gasteiger partial charge >= 0.3 is 0 Å². The maximum absolute atomic E-state index is 11.8. The summed E-state index contributed by atoms with van der Waals surface area (Å²) in [6.07, 6.45) is 0. The summed E-state index contributed by atoms with van der Waals surface area (Å²) in [7, 11) is 0. The summed E-state index contributed by atoms with van der Waals surface area (Å²) in [6, 6.07) is 6.99. The Balaban J connectivity index is 1.84. The highest BCUT2D eigenvalue weighted by molar-refractivity contribution is 5.96. The number of carbonyl (C=O) groups is 2. The molecule has 0 spiro atoms. The van der Waals surface area contributed by atoms with E-state index in [0.717, 1.165) is 12.1 Å². The Morgan fingerprint density at radius 2 is 0.917 bits per heavy atom. The molecule has 0 heterocycles. The fourth-order valence-corrected chi connectivity index (χ4v) is 2.01. The highest BCUT2D eigenvalue weighted by Crippen LogP contribution is 2.21. The second-order valence-electron chi connectivity index (χ2n) is 4.99. The first-order chi connectivity index (χ1) is 11.3. The molecular formula is C16H16N2O6. The van der Waals surface area contributed by atoms with Gasteiger partial charge < -0.3 is 31.1 Å². The lowest BCUT2D eigenvalue weighted by molar-refractivity contribution is 0.0927. The highest BCUT2D eigenvalue weighted by Gasteiger charge is 2.10. The van der Waals surface area contributed by atoms with E-state index in [9.17, 15) is 30.0 Å². The standard InChI is InChI=1S/C16H16N2O6/c19-11-3-9(4-12(20)7-11)15(23)17-1-2-18-16(24)10-5-13(21)8-14(22)6-10/h3-8,19-22H,1-2H2,(H,17,23)(H,18,24). The third-order valence-electron chi connectivity index (χ3n) is 3.03. The van der Waals surface area contributed by atoms with Gasteiger partial charge in [-0.15, -0.1) is 0 Å². The van der Waals surface area contributed by atoms with Crippen LogP contribution < -0.4 is 10.6 Å². The summed E-state index contributed by atoms with van der Waals surface area (Å²) in [5.74, 6) is -2.00. The molecule has 8 heteroatoms. The number of phenolic OH excluding ortho intramolecular Hbond substituents is 4. The third kappa shape index (κ3) is 4.54. The molecule has 8 nitrogen and oxygen atoms in total. The number of benzene rings is 2. The van der Waals surface area contributed by atoms with Gasteiger partial charge in [-0.05, 0) is 24.3 Å². The highest BCUT2D eigenvalue weighted by atomic mass is 16.3. The second-order valence-corrected chi connectivity index (χ2v) is 4.99. The number of nitrogens with one attached hydrogen (secondary N) is 2. The minimum Gasteiger partial charge on any atom is -0.508 e. The van der Waals surface area contributed by atoms with Gasteiger partial charge in [0.05, 0.1) is 0 Å². The third-order valence-corrected chi connectivity index (χ3v) is 3.03. The monoisotopic (exact) mass is 332 g/mol. The Kier molecular flexibility index (Phi) is 5.10. The van der Waals surface area contributed by atoms with Crippen LogP contribution in [0.25, 0.3) is 0 Å². The Hall–Kier alpha value is -3.42. The molecule has 0 aliphatic heterocycles. The van der Waals surface area contributed by atoms with Crippen LogP contribution in [-0.4, -0.2) is 45.3 Å². The molecule has 2 rings (SSSR count). The predicted octanol–water partition coefficient (Wildman–Crippen LogP) is 0.669. The molecule has 0 bridgehead atoms. The maximum Gasteiger partial charge on any atom is 0.251 e. The molecule has 0 saturated carbocycles. The predicted molar refractivity (Wildman–Crippen MR) is 84.2 cm³/mol. The minimum atomic E-state index is -0.523. The number of rotatable bonds is 5. The Labute approximate surface area is 137 Å². The number of aromatic hydroxyl groups is 4. The molecule has 0 unspecified atom stereocenters. The molecule has 0 aliphatic carbocycles. The zero-order chi connectivity index (χ0) is 17.7. The van der Waals surface area contributed by atoms with E-state index in [2.05, 4.69) is 10.6 Å². The van der Waals surface area contributed by atoms with Crippen LogP contribution in [0.4, 0.5) is 0 Å². The van der Waals surface area contributed by atoms with Crippen LogP contribution in [0.1, 0.15) is 20.7 Å². The molecule has 2 aromatic rings. The van der Waals surface area contributed by atoms with Crippen LogP contribution in [0, 0.1) is 0 Å². The van der Waals surface area contributed by atoms with Crippen molar-refractivity contribution < 1.29 is 30.0 Å². The molecule has 0 fully saturated rings. The molecule has 0 saturated heterocycles. The van der Waals surface area contributed by atoms with Crippen LogP contribution in [0.5, 0.6) is 23.0 Å². The van der Waals surface area contributed by atoms with Crippen molar-refractivity contribution in [3.8, 4) is 23.0 Å². The number of carbonyl (C=O) groups excluding carboxylic acids is 2. The fraction of sp³-hybridized carbons (Fsp3) is 0.125. The average Bonchev–Trinajstić information content (AvgIpc) is 2.49. The average molecular weight is 332 g/mol. The Morgan fingerprint density at radius 3 is 1.21 bits per heavy atom. The van der Waals surface area contributed by atoms with E-state index in [4.69, 9.17) is 0 Å². The molecule has 0 atom stereocenters. The lowest BCUT2D eigenvalue weighted by Crippen LogP contribution is -2.34. The van der Waals surface area contributed by atoms with Gasteiger partial charge in [0, 0.05) is 36.3 Å². The summed E-state index contributed by atoms with van der Waals surface area (Å²) < 4.78 is 0. The topological polar surface area (TPSA) is 139 Å². The van der Waals surface area contributed by atoms with Crippen molar-refractivity contribution in [3.63, 3.8) is 0 Å². The number of phenols is 4. The van der Waals surface area contributed by atoms with E-state index in [-0.39, 0.29) is 47.2 Å². The molecule has 2 amide bonds. The zero-order valence-corrected chi connectivity index (χ0v) is 12.5. The summed E-state index contributed by atoms with van der Waals surface area (Å²) in [4.78, 5) is 23.7. The number of hydrogen-bond donors (Lipinski definition) is 6. The van der Waals surface area contributed by atoms with E-state index in [0.29, 0.717) is 0 Å². The number of amides is 2. The van der Waals surface area contributed by atoms with Crippen LogP contribution in [0.3, 0.4) is 0 Å². The van der Waals surface area contributed by atoms with E-state index in [1.54, 1.807) is 0 Å². The number of hydrogen-bond acceptors (Lipinski definition) is 6. The fourth-order valence-electron chi connectivity index (χ4n) is 2.01. The van der Waals surface area contributed by atoms with Gasteiger partial charge in [0.15, 0.2) is 0 Å². The van der Waals surface area contributed by atoms with Gasteiger partial charge in [-0.1, -0.05) is 0 Å². The molecule has 0 radical (unpaired) electrons. The van der Waals surface area contributed by atoms with E-state index in [1.807, 2.05) is 0 Å². The molecule has 126 valence electrons. The van der Waals surface area contributed by atoms with Crippen molar-refractivity contribution in [2.45, 2.75) is 0 Å². The van der Waals surface area contributed by atoms with Crippen molar-refractivity contribution in [1.82, 2.24) is 10.6 Å².